The molecule has 1 saturated heterocycles. The molecule has 2 heteroatoms. The third-order valence-electron chi connectivity index (χ3n) is 5.13. The summed E-state index contributed by atoms with van der Waals surface area (Å²) in [5.41, 5.74) is 3.11. The Bertz CT molecular complexity index is 439. The van der Waals surface area contributed by atoms with E-state index >= 15 is 0 Å². The molecule has 2 nitrogen and oxygen atoms in total. The topological polar surface area (TPSA) is 15.3 Å². The van der Waals surface area contributed by atoms with Gasteiger partial charge in [0.2, 0.25) is 0 Å². The van der Waals surface area contributed by atoms with Crippen LogP contribution in [0.5, 0.6) is 0 Å². The van der Waals surface area contributed by atoms with Gasteiger partial charge in [0, 0.05) is 12.6 Å². The van der Waals surface area contributed by atoms with E-state index < -0.39 is 0 Å². The van der Waals surface area contributed by atoms with E-state index in [4.69, 9.17) is 0 Å². The zero-order valence-electron chi connectivity index (χ0n) is 13.5. The maximum Gasteiger partial charge on any atom is 0.0208 e. The van der Waals surface area contributed by atoms with Gasteiger partial charge < -0.3 is 10.2 Å². The first kappa shape index (κ1) is 15.1. The van der Waals surface area contributed by atoms with E-state index in [1.54, 1.807) is 5.56 Å². The van der Waals surface area contributed by atoms with Crippen LogP contribution in [0, 0.1) is 0 Å². The average Bonchev–Trinajstić information content (AvgIpc) is 3.34. The molecular formula is C19H30N2. The predicted molar refractivity (Wildman–Crippen MR) is 89.6 cm³/mol. The summed E-state index contributed by atoms with van der Waals surface area (Å²) >= 11 is 0. The third-order valence-corrected chi connectivity index (χ3v) is 5.13. The van der Waals surface area contributed by atoms with Crippen molar-refractivity contribution in [3.05, 3.63) is 35.4 Å². The molecule has 1 aromatic rings. The largest absolute Gasteiger partial charge is 0.313 e. The van der Waals surface area contributed by atoms with Crippen LogP contribution < -0.4 is 5.32 Å². The van der Waals surface area contributed by atoms with Crippen LogP contribution in [-0.4, -0.2) is 30.6 Å². The number of benzene rings is 1. The molecule has 3 rings (SSSR count). The molecule has 0 amide bonds. The van der Waals surface area contributed by atoms with Gasteiger partial charge in [-0.25, -0.2) is 0 Å². The SMILES string of the molecule is CC1CCCCN1CCCNCc1ccccc1C1CC1. The second-order valence-corrected chi connectivity index (χ2v) is 6.88. The van der Waals surface area contributed by atoms with E-state index in [9.17, 15) is 0 Å². The number of nitrogens with one attached hydrogen (secondary N) is 1. The molecule has 1 saturated carbocycles. The molecule has 1 N–H and O–H groups in total. The van der Waals surface area contributed by atoms with Gasteiger partial charge in [0.15, 0.2) is 0 Å². The van der Waals surface area contributed by atoms with Crippen molar-refractivity contribution in [2.45, 2.75) is 64.0 Å². The highest BCUT2D eigenvalue weighted by Gasteiger charge is 2.25. The lowest BCUT2D eigenvalue weighted by Gasteiger charge is -2.33. The molecule has 1 atom stereocenters. The Morgan fingerprint density at radius 3 is 2.81 bits per heavy atom. The van der Waals surface area contributed by atoms with Crippen molar-refractivity contribution in [2.24, 2.45) is 0 Å². The smallest absolute Gasteiger partial charge is 0.0208 e. The summed E-state index contributed by atoms with van der Waals surface area (Å²) in [7, 11) is 0. The van der Waals surface area contributed by atoms with Crippen LogP contribution in [0.15, 0.2) is 24.3 Å². The summed E-state index contributed by atoms with van der Waals surface area (Å²) in [6, 6.07) is 9.79. The van der Waals surface area contributed by atoms with Crippen molar-refractivity contribution in [3.63, 3.8) is 0 Å². The van der Waals surface area contributed by atoms with Crippen molar-refractivity contribution >= 4 is 0 Å². The van der Waals surface area contributed by atoms with Gasteiger partial charge in [0.1, 0.15) is 0 Å². The average molecular weight is 286 g/mol. The third kappa shape index (κ3) is 4.31. The fraction of sp³-hybridized carbons (Fsp3) is 0.684. The van der Waals surface area contributed by atoms with Crippen LogP contribution in [0.3, 0.4) is 0 Å². The van der Waals surface area contributed by atoms with E-state index in [1.807, 2.05) is 0 Å². The fourth-order valence-corrected chi connectivity index (χ4v) is 3.61. The first-order chi connectivity index (χ1) is 10.3. The van der Waals surface area contributed by atoms with Gasteiger partial charge in [-0.05, 0) is 75.7 Å². The highest BCUT2D eigenvalue weighted by molar-refractivity contribution is 5.33. The first-order valence-electron chi connectivity index (χ1n) is 8.87. The summed E-state index contributed by atoms with van der Waals surface area (Å²) in [6.07, 6.45) is 8.27. The molecule has 1 aliphatic carbocycles. The molecule has 0 aromatic heterocycles. The number of rotatable bonds is 7. The minimum Gasteiger partial charge on any atom is -0.313 e. The number of hydrogen-bond donors (Lipinski definition) is 1. The van der Waals surface area contributed by atoms with E-state index in [2.05, 4.69) is 41.4 Å². The summed E-state index contributed by atoms with van der Waals surface area (Å²) in [5.74, 6) is 0.859. The van der Waals surface area contributed by atoms with Gasteiger partial charge in [0.05, 0.1) is 0 Å². The van der Waals surface area contributed by atoms with E-state index in [0.717, 1.165) is 25.0 Å². The zero-order chi connectivity index (χ0) is 14.5. The Kier molecular flexibility index (Phi) is 5.32. The molecule has 21 heavy (non-hydrogen) atoms. The lowest BCUT2D eigenvalue weighted by molar-refractivity contribution is 0.159. The fourth-order valence-electron chi connectivity index (χ4n) is 3.61. The molecule has 1 aromatic carbocycles. The van der Waals surface area contributed by atoms with Crippen molar-refractivity contribution in [1.82, 2.24) is 10.2 Å². The minimum atomic E-state index is 0.800. The van der Waals surface area contributed by atoms with Crippen LogP contribution in [0.4, 0.5) is 0 Å². The zero-order valence-corrected chi connectivity index (χ0v) is 13.5. The van der Waals surface area contributed by atoms with Gasteiger partial charge >= 0.3 is 0 Å². The summed E-state index contributed by atoms with van der Waals surface area (Å²) in [5, 5.41) is 3.65. The number of nitrogens with zero attached hydrogens (tertiary/aromatic N) is 1. The highest BCUT2D eigenvalue weighted by Crippen LogP contribution is 2.41. The number of piperidine rings is 1. The summed E-state index contributed by atoms with van der Waals surface area (Å²) in [6.45, 7) is 7.15. The molecule has 0 spiro atoms. The van der Waals surface area contributed by atoms with E-state index in [0.29, 0.717) is 0 Å². The normalized spacial score (nSPS) is 23.4. The minimum absolute atomic E-state index is 0.800. The van der Waals surface area contributed by atoms with Crippen LogP contribution in [0.25, 0.3) is 0 Å². The van der Waals surface area contributed by atoms with E-state index in [1.165, 1.54) is 57.2 Å². The maximum atomic E-state index is 3.65. The molecule has 1 heterocycles. The van der Waals surface area contributed by atoms with Gasteiger partial charge in [-0.1, -0.05) is 30.7 Å². The van der Waals surface area contributed by atoms with Crippen LogP contribution >= 0.6 is 0 Å². The molecule has 2 aliphatic rings. The molecule has 0 bridgehead atoms. The molecule has 1 aliphatic heterocycles. The molecule has 2 fully saturated rings. The van der Waals surface area contributed by atoms with Crippen molar-refractivity contribution in [1.29, 1.82) is 0 Å². The molecule has 0 radical (unpaired) electrons. The molecule has 1 unspecified atom stereocenters. The summed E-state index contributed by atoms with van der Waals surface area (Å²) in [4.78, 5) is 2.67. The Balaban J connectivity index is 1.36. The van der Waals surface area contributed by atoms with Gasteiger partial charge in [-0.15, -0.1) is 0 Å². The standard InChI is InChI=1S/C19H30N2/c1-16-7-4-5-13-21(16)14-6-12-20-15-18-8-2-3-9-19(18)17-10-11-17/h2-3,8-9,16-17,20H,4-7,10-15H2,1H3. The van der Waals surface area contributed by atoms with E-state index in [-0.39, 0.29) is 0 Å². The predicted octanol–water partition coefficient (Wildman–Crippen LogP) is 3.92. The van der Waals surface area contributed by atoms with Crippen molar-refractivity contribution < 1.29 is 0 Å². The van der Waals surface area contributed by atoms with Crippen molar-refractivity contribution in [3.8, 4) is 0 Å². The maximum absolute atomic E-state index is 3.65. The number of hydrogen-bond acceptors (Lipinski definition) is 2. The quantitative estimate of drug-likeness (QED) is 0.764. The molecular weight excluding hydrogens is 256 g/mol. The highest BCUT2D eigenvalue weighted by atomic mass is 15.2. The second-order valence-electron chi connectivity index (χ2n) is 6.88. The van der Waals surface area contributed by atoms with Crippen LogP contribution in [0.1, 0.15) is 62.5 Å². The van der Waals surface area contributed by atoms with Crippen LogP contribution in [0.2, 0.25) is 0 Å². The van der Waals surface area contributed by atoms with Gasteiger partial charge in [-0.2, -0.15) is 0 Å². The van der Waals surface area contributed by atoms with Gasteiger partial charge in [-0.3, -0.25) is 0 Å². The van der Waals surface area contributed by atoms with Crippen LogP contribution in [-0.2, 0) is 6.54 Å². The summed E-state index contributed by atoms with van der Waals surface area (Å²) < 4.78 is 0. The monoisotopic (exact) mass is 286 g/mol. The number of likely N-dealkylation sites (tertiary alicyclic amines) is 1. The van der Waals surface area contributed by atoms with Gasteiger partial charge in [0.25, 0.3) is 0 Å². The Labute approximate surface area is 129 Å². The Morgan fingerprint density at radius 2 is 2.00 bits per heavy atom. The lowest BCUT2D eigenvalue weighted by Crippen LogP contribution is -2.38. The van der Waals surface area contributed by atoms with Crippen molar-refractivity contribution in [2.75, 3.05) is 19.6 Å². The second kappa shape index (κ2) is 7.42. The Morgan fingerprint density at radius 1 is 1.14 bits per heavy atom. The lowest BCUT2D eigenvalue weighted by atomic mass is 10.0. The molecule has 116 valence electrons. The Hall–Kier alpha value is -0.860. The first-order valence-corrected chi connectivity index (χ1v) is 8.87.